The minimum absolute atomic E-state index is 0.124. The van der Waals surface area contributed by atoms with Crippen molar-refractivity contribution in [1.82, 2.24) is 0 Å². The monoisotopic (exact) mass is 490 g/mol. The van der Waals surface area contributed by atoms with Crippen LogP contribution in [0, 0.1) is 29.6 Å². The summed E-state index contributed by atoms with van der Waals surface area (Å²) in [5, 5.41) is 10.2. The van der Waals surface area contributed by atoms with Crippen LogP contribution in [0.15, 0.2) is 36.4 Å². The van der Waals surface area contributed by atoms with Gasteiger partial charge >= 0.3 is 5.97 Å². The molecule has 0 aromatic heterocycles. The maximum absolute atomic E-state index is 11.7. The number of methoxy groups -OCH3 is 2. The second-order valence-corrected chi connectivity index (χ2v) is 10.6. The first-order valence-electron chi connectivity index (χ1n) is 12.7. The Morgan fingerprint density at radius 2 is 1.61 bits per heavy atom. The average molecular weight is 491 g/mol. The Morgan fingerprint density at radius 3 is 2.19 bits per heavy atom. The fourth-order valence-electron chi connectivity index (χ4n) is 6.89. The fraction of sp³-hybridized carbons (Fsp3) is 0.500. The number of benzene rings is 2. The number of carbonyl (C=O) groups is 1. The minimum Gasteiger partial charge on any atom is -0.507 e. The van der Waals surface area contributed by atoms with Gasteiger partial charge in [-0.1, -0.05) is 11.8 Å². The minimum atomic E-state index is -0.577. The number of aromatic hydroxyl groups is 1. The SMILES string of the molecule is COC(=O)c1ccc(C#Cc2ccc(OCOC(C)OC)c(C34CC5CC(CC(C5)C3)C4)c2)cc1O. The molecule has 0 radical (unpaired) electrons. The molecule has 0 spiro atoms. The van der Waals surface area contributed by atoms with E-state index in [4.69, 9.17) is 18.9 Å². The predicted molar refractivity (Wildman–Crippen MR) is 135 cm³/mol. The Hall–Kier alpha value is -3.01. The molecule has 1 atom stereocenters. The van der Waals surface area contributed by atoms with E-state index in [9.17, 15) is 9.90 Å². The zero-order chi connectivity index (χ0) is 25.3. The molecule has 2 aromatic carbocycles. The van der Waals surface area contributed by atoms with Gasteiger partial charge in [-0.15, -0.1) is 0 Å². The smallest absolute Gasteiger partial charge is 0.341 e. The van der Waals surface area contributed by atoms with Crippen molar-refractivity contribution in [2.75, 3.05) is 21.0 Å². The van der Waals surface area contributed by atoms with E-state index in [1.807, 2.05) is 19.1 Å². The normalized spacial score (nSPS) is 26.7. The number of rotatable bonds is 7. The van der Waals surface area contributed by atoms with Gasteiger partial charge in [0, 0.05) is 23.8 Å². The maximum Gasteiger partial charge on any atom is 0.341 e. The molecule has 4 aliphatic rings. The van der Waals surface area contributed by atoms with Crippen molar-refractivity contribution in [2.45, 2.75) is 57.2 Å². The van der Waals surface area contributed by atoms with Crippen LogP contribution in [-0.4, -0.2) is 38.4 Å². The van der Waals surface area contributed by atoms with Gasteiger partial charge in [0.15, 0.2) is 13.1 Å². The third-order valence-electron chi connectivity index (χ3n) is 8.19. The fourth-order valence-corrected chi connectivity index (χ4v) is 6.89. The molecule has 6 rings (SSSR count). The summed E-state index contributed by atoms with van der Waals surface area (Å²) in [6.45, 7) is 1.97. The first-order chi connectivity index (χ1) is 17.4. The molecular formula is C30H34O6. The van der Waals surface area contributed by atoms with Crippen molar-refractivity contribution in [1.29, 1.82) is 0 Å². The number of phenols is 1. The van der Waals surface area contributed by atoms with Crippen molar-refractivity contribution in [3.05, 3.63) is 58.7 Å². The van der Waals surface area contributed by atoms with Gasteiger partial charge in [-0.3, -0.25) is 0 Å². The van der Waals surface area contributed by atoms with Crippen LogP contribution in [0.3, 0.4) is 0 Å². The largest absolute Gasteiger partial charge is 0.507 e. The zero-order valence-corrected chi connectivity index (χ0v) is 21.2. The third-order valence-corrected chi connectivity index (χ3v) is 8.19. The molecule has 4 aliphatic carbocycles. The summed E-state index contributed by atoms with van der Waals surface area (Å²) in [5.41, 5.74) is 3.02. The summed E-state index contributed by atoms with van der Waals surface area (Å²) in [6.07, 6.45) is 7.41. The van der Waals surface area contributed by atoms with Gasteiger partial charge in [-0.2, -0.15) is 0 Å². The van der Waals surface area contributed by atoms with E-state index in [0.717, 1.165) is 29.1 Å². The average Bonchev–Trinajstić information content (AvgIpc) is 2.86. The van der Waals surface area contributed by atoms with Crippen molar-refractivity contribution in [3.63, 3.8) is 0 Å². The first-order valence-corrected chi connectivity index (χ1v) is 12.7. The van der Waals surface area contributed by atoms with Crippen LogP contribution in [0.25, 0.3) is 0 Å². The highest BCUT2D eigenvalue weighted by atomic mass is 16.7. The molecule has 4 fully saturated rings. The van der Waals surface area contributed by atoms with Crippen LogP contribution in [0.2, 0.25) is 0 Å². The molecule has 2 aromatic rings. The Bertz CT molecular complexity index is 1150. The van der Waals surface area contributed by atoms with Gasteiger partial charge < -0.3 is 24.1 Å². The lowest BCUT2D eigenvalue weighted by atomic mass is 9.48. The van der Waals surface area contributed by atoms with E-state index in [2.05, 4.69) is 17.9 Å². The Labute approximate surface area is 212 Å². The van der Waals surface area contributed by atoms with Gasteiger partial charge in [0.05, 0.1) is 7.11 Å². The molecule has 36 heavy (non-hydrogen) atoms. The Balaban J connectivity index is 1.44. The lowest BCUT2D eigenvalue weighted by Gasteiger charge is -2.57. The standard InChI is InChI=1S/C30H34O6/c1-19(33-2)35-18-36-28-9-7-20(4-5-21-6-8-25(27(31)14-21)29(32)34-3)13-26(28)30-15-22-10-23(16-30)12-24(11-22)17-30/h6-9,13-14,19,22-24,31H,10-12,15-18H2,1-3H3. The summed E-state index contributed by atoms with van der Waals surface area (Å²) in [7, 11) is 2.90. The second kappa shape index (κ2) is 10.2. The van der Waals surface area contributed by atoms with Gasteiger partial charge in [0.2, 0.25) is 0 Å². The molecule has 6 heteroatoms. The van der Waals surface area contributed by atoms with Crippen molar-refractivity contribution in [2.24, 2.45) is 17.8 Å². The molecule has 190 valence electrons. The third kappa shape index (κ3) is 4.96. The molecule has 0 heterocycles. The molecular weight excluding hydrogens is 456 g/mol. The van der Waals surface area contributed by atoms with E-state index in [1.54, 1.807) is 13.2 Å². The summed E-state index contributed by atoms with van der Waals surface area (Å²) < 4.78 is 21.7. The summed E-state index contributed by atoms with van der Waals surface area (Å²) in [5.74, 6) is 8.94. The molecule has 4 saturated carbocycles. The van der Waals surface area contributed by atoms with Crippen LogP contribution in [0.5, 0.6) is 11.5 Å². The predicted octanol–water partition coefficient (Wildman–Crippen LogP) is 5.39. The molecule has 0 amide bonds. The van der Waals surface area contributed by atoms with Crippen LogP contribution in [0.1, 0.15) is 72.5 Å². The highest BCUT2D eigenvalue weighted by molar-refractivity contribution is 5.92. The van der Waals surface area contributed by atoms with E-state index in [-0.39, 0.29) is 29.8 Å². The lowest BCUT2D eigenvalue weighted by molar-refractivity contribution is -0.150. The molecule has 6 nitrogen and oxygen atoms in total. The lowest BCUT2D eigenvalue weighted by Crippen LogP contribution is -2.48. The quantitative estimate of drug-likeness (QED) is 0.319. The van der Waals surface area contributed by atoms with Crippen molar-refractivity contribution < 1.29 is 28.8 Å². The van der Waals surface area contributed by atoms with E-state index in [0.29, 0.717) is 5.56 Å². The van der Waals surface area contributed by atoms with Crippen LogP contribution in [0.4, 0.5) is 0 Å². The number of phenolic OH excluding ortho intramolecular Hbond substituents is 1. The van der Waals surface area contributed by atoms with Gasteiger partial charge in [-0.05, 0) is 105 Å². The molecule has 0 aliphatic heterocycles. The zero-order valence-electron chi connectivity index (χ0n) is 21.2. The Morgan fingerprint density at radius 1 is 1.00 bits per heavy atom. The number of esters is 1. The number of ether oxygens (including phenoxy) is 4. The molecule has 0 saturated heterocycles. The summed E-state index contributed by atoms with van der Waals surface area (Å²) >= 11 is 0. The topological polar surface area (TPSA) is 74.2 Å². The maximum atomic E-state index is 11.7. The number of hydrogen-bond acceptors (Lipinski definition) is 6. The van der Waals surface area contributed by atoms with Crippen molar-refractivity contribution >= 4 is 5.97 Å². The van der Waals surface area contributed by atoms with Crippen molar-refractivity contribution in [3.8, 4) is 23.3 Å². The summed E-state index contributed by atoms with van der Waals surface area (Å²) in [6, 6.07) is 10.9. The highest BCUT2D eigenvalue weighted by Crippen LogP contribution is 2.62. The number of hydrogen-bond donors (Lipinski definition) is 1. The van der Waals surface area contributed by atoms with Gasteiger partial charge in [0.1, 0.15) is 17.1 Å². The van der Waals surface area contributed by atoms with Gasteiger partial charge in [0.25, 0.3) is 0 Å². The first kappa shape index (κ1) is 24.7. The van der Waals surface area contributed by atoms with E-state index < -0.39 is 5.97 Å². The molecule has 1 unspecified atom stereocenters. The van der Waals surface area contributed by atoms with E-state index >= 15 is 0 Å². The second-order valence-electron chi connectivity index (χ2n) is 10.6. The van der Waals surface area contributed by atoms with Gasteiger partial charge in [-0.25, -0.2) is 4.79 Å². The molecule has 1 N–H and O–H groups in total. The molecule has 4 bridgehead atoms. The van der Waals surface area contributed by atoms with E-state index in [1.165, 1.54) is 63.3 Å². The number of carbonyl (C=O) groups excluding carboxylic acids is 1. The Kier molecular flexibility index (Phi) is 6.96. The van der Waals surface area contributed by atoms with Crippen LogP contribution in [-0.2, 0) is 19.6 Å². The summed E-state index contributed by atoms with van der Waals surface area (Å²) in [4.78, 5) is 11.7. The highest BCUT2D eigenvalue weighted by Gasteiger charge is 2.52. The van der Waals surface area contributed by atoms with Crippen LogP contribution >= 0.6 is 0 Å². The van der Waals surface area contributed by atoms with Crippen LogP contribution < -0.4 is 4.74 Å².